The number of aromatic nitrogens is 3. The topological polar surface area (TPSA) is 98.6 Å². The minimum absolute atomic E-state index is 0.0283. The molecule has 1 saturated heterocycles. The van der Waals surface area contributed by atoms with Crippen LogP contribution in [-0.4, -0.2) is 58.3 Å². The highest BCUT2D eigenvalue weighted by atomic mass is 16.5. The molecule has 0 radical (unpaired) electrons. The van der Waals surface area contributed by atoms with Gasteiger partial charge in [-0.15, -0.1) is 10.2 Å². The third-order valence-corrected chi connectivity index (χ3v) is 5.06. The van der Waals surface area contributed by atoms with Crippen molar-refractivity contribution in [2.24, 2.45) is 7.05 Å². The Bertz CT molecular complexity index is 861. The van der Waals surface area contributed by atoms with Crippen molar-refractivity contribution in [3.63, 3.8) is 0 Å². The summed E-state index contributed by atoms with van der Waals surface area (Å²) in [7, 11) is 2.85. The van der Waals surface area contributed by atoms with Gasteiger partial charge in [0, 0.05) is 20.0 Å². The van der Waals surface area contributed by atoms with Crippen LogP contribution in [0.25, 0.3) is 0 Å². The van der Waals surface area contributed by atoms with Crippen LogP contribution in [0.5, 0.6) is 5.75 Å². The van der Waals surface area contributed by atoms with E-state index in [1.165, 1.54) is 36.5 Å². The van der Waals surface area contributed by atoms with Crippen LogP contribution in [-0.2, 0) is 23.1 Å². The summed E-state index contributed by atoms with van der Waals surface area (Å²) in [5.74, 6) is 0.221. The fourth-order valence-electron chi connectivity index (χ4n) is 3.43. The number of esters is 1. The quantitative estimate of drug-likeness (QED) is 0.496. The smallest absolute Gasteiger partial charge is 0.376 e. The van der Waals surface area contributed by atoms with Gasteiger partial charge in [0.15, 0.2) is 0 Å². The van der Waals surface area contributed by atoms with E-state index in [2.05, 4.69) is 37.3 Å². The van der Waals surface area contributed by atoms with Gasteiger partial charge in [-0.3, -0.25) is 19.6 Å². The molecular formula is C21H29N5O4. The molecule has 162 valence electrons. The Morgan fingerprint density at radius 3 is 2.73 bits per heavy atom. The zero-order valence-corrected chi connectivity index (χ0v) is 17.6. The zero-order valence-electron chi connectivity index (χ0n) is 17.6. The van der Waals surface area contributed by atoms with Crippen LogP contribution in [0.1, 0.15) is 48.3 Å². The average Bonchev–Trinajstić information content (AvgIpc) is 3.12. The van der Waals surface area contributed by atoms with E-state index in [4.69, 9.17) is 4.74 Å². The van der Waals surface area contributed by atoms with E-state index in [1.807, 2.05) is 12.1 Å². The van der Waals surface area contributed by atoms with E-state index in [0.29, 0.717) is 13.0 Å². The van der Waals surface area contributed by atoms with Crippen molar-refractivity contribution in [3.8, 4) is 5.75 Å². The number of amides is 1. The number of nitrogens with zero attached hydrogens (tertiary/aromatic N) is 4. The lowest BCUT2D eigenvalue weighted by Gasteiger charge is -2.26. The Kier molecular flexibility index (Phi) is 7.78. The Hall–Kier alpha value is -2.94. The second-order valence-corrected chi connectivity index (χ2v) is 7.38. The Balaban J connectivity index is 1.40. The zero-order chi connectivity index (χ0) is 21.3. The number of likely N-dealkylation sites (tertiary alicyclic amines) is 1. The lowest BCUT2D eigenvalue weighted by atomic mass is 10.1. The molecule has 0 atom stereocenters. The number of carbonyl (C=O) groups is 2. The van der Waals surface area contributed by atoms with Crippen molar-refractivity contribution < 1.29 is 19.1 Å². The first-order valence-electron chi connectivity index (χ1n) is 10.3. The number of piperidine rings is 1. The maximum absolute atomic E-state index is 12.1. The van der Waals surface area contributed by atoms with Gasteiger partial charge in [0.25, 0.3) is 0 Å². The first kappa shape index (κ1) is 21.8. The fraction of sp³-hybridized carbons (Fsp3) is 0.524. The Morgan fingerprint density at radius 2 is 1.97 bits per heavy atom. The number of anilines is 1. The number of rotatable bonds is 9. The van der Waals surface area contributed by atoms with Gasteiger partial charge in [0.2, 0.25) is 17.7 Å². The highest BCUT2D eigenvalue weighted by Gasteiger charge is 2.17. The van der Waals surface area contributed by atoms with Crippen molar-refractivity contribution in [3.05, 3.63) is 35.7 Å². The summed E-state index contributed by atoms with van der Waals surface area (Å²) < 4.78 is 11.8. The van der Waals surface area contributed by atoms with E-state index in [1.54, 1.807) is 7.05 Å². The molecule has 1 fully saturated rings. The summed E-state index contributed by atoms with van der Waals surface area (Å²) in [5, 5.41) is 10.2. The van der Waals surface area contributed by atoms with Gasteiger partial charge >= 0.3 is 5.97 Å². The second-order valence-electron chi connectivity index (χ2n) is 7.38. The van der Waals surface area contributed by atoms with E-state index in [9.17, 15) is 9.59 Å². The average molecular weight is 415 g/mol. The maximum Gasteiger partial charge on any atom is 0.376 e. The van der Waals surface area contributed by atoms with E-state index in [0.717, 1.165) is 25.4 Å². The molecule has 0 aliphatic carbocycles. The maximum atomic E-state index is 12.1. The van der Waals surface area contributed by atoms with Gasteiger partial charge < -0.3 is 9.47 Å². The van der Waals surface area contributed by atoms with Crippen LogP contribution in [0.4, 0.5) is 5.95 Å². The number of hydrogen-bond acceptors (Lipinski definition) is 7. The van der Waals surface area contributed by atoms with E-state index >= 15 is 0 Å². The van der Waals surface area contributed by atoms with Crippen molar-refractivity contribution in [1.82, 2.24) is 19.7 Å². The third-order valence-electron chi connectivity index (χ3n) is 5.06. The number of benzene rings is 1. The van der Waals surface area contributed by atoms with Crippen LogP contribution >= 0.6 is 0 Å². The van der Waals surface area contributed by atoms with Crippen molar-refractivity contribution in [2.45, 2.75) is 38.6 Å². The van der Waals surface area contributed by atoms with Gasteiger partial charge in [-0.25, -0.2) is 4.79 Å². The Labute approximate surface area is 176 Å². The number of ether oxygens (including phenoxy) is 2. The molecule has 2 heterocycles. The predicted molar refractivity (Wildman–Crippen MR) is 111 cm³/mol. The molecule has 3 rings (SSSR count). The summed E-state index contributed by atoms with van der Waals surface area (Å²) in [4.78, 5) is 26.1. The van der Waals surface area contributed by atoms with Gasteiger partial charge in [-0.2, -0.15) is 0 Å². The highest BCUT2D eigenvalue weighted by molar-refractivity contribution is 5.90. The normalized spacial score (nSPS) is 14.3. The lowest BCUT2D eigenvalue weighted by Crippen LogP contribution is -2.29. The van der Waals surface area contributed by atoms with Gasteiger partial charge in [-0.1, -0.05) is 18.6 Å². The summed E-state index contributed by atoms with van der Waals surface area (Å²) in [6.07, 6.45) is 4.71. The molecule has 1 N–H and O–H groups in total. The van der Waals surface area contributed by atoms with E-state index < -0.39 is 5.97 Å². The molecular weight excluding hydrogens is 386 g/mol. The first-order chi connectivity index (χ1) is 14.6. The molecule has 1 aromatic heterocycles. The number of carbonyl (C=O) groups excluding carboxylic acids is 2. The number of nitrogens with one attached hydrogen (secondary N) is 1. The highest BCUT2D eigenvalue weighted by Crippen LogP contribution is 2.18. The number of hydrogen-bond donors (Lipinski definition) is 1. The van der Waals surface area contributed by atoms with Gasteiger partial charge in [-0.05, 0) is 50.0 Å². The summed E-state index contributed by atoms with van der Waals surface area (Å²) in [6.45, 7) is 3.71. The van der Waals surface area contributed by atoms with Crippen LogP contribution in [0.15, 0.2) is 24.3 Å². The molecule has 30 heavy (non-hydrogen) atoms. The monoisotopic (exact) mass is 415 g/mol. The number of methoxy groups -OCH3 is 1. The molecule has 0 unspecified atom stereocenters. The minimum atomic E-state index is -0.610. The summed E-state index contributed by atoms with van der Waals surface area (Å²) >= 11 is 0. The van der Waals surface area contributed by atoms with E-state index in [-0.39, 0.29) is 24.1 Å². The van der Waals surface area contributed by atoms with Crippen LogP contribution in [0.3, 0.4) is 0 Å². The fourth-order valence-corrected chi connectivity index (χ4v) is 3.43. The molecule has 2 aromatic rings. The largest absolute Gasteiger partial charge is 0.494 e. The molecule has 1 amide bonds. The molecule has 1 aliphatic heterocycles. The van der Waals surface area contributed by atoms with Crippen LogP contribution in [0.2, 0.25) is 0 Å². The Morgan fingerprint density at radius 1 is 1.17 bits per heavy atom. The summed E-state index contributed by atoms with van der Waals surface area (Å²) in [6, 6.07) is 8.14. The SMILES string of the molecule is COC(=O)c1nnc(NC(=O)CCCOc2cccc(CN3CCCCC3)c2)n1C. The van der Waals surface area contributed by atoms with Crippen LogP contribution in [0, 0.1) is 0 Å². The van der Waals surface area contributed by atoms with Crippen molar-refractivity contribution in [1.29, 1.82) is 0 Å². The molecule has 1 aromatic carbocycles. The predicted octanol–water partition coefficient (Wildman–Crippen LogP) is 2.39. The first-order valence-corrected chi connectivity index (χ1v) is 10.3. The van der Waals surface area contributed by atoms with Gasteiger partial charge in [0.1, 0.15) is 5.75 Å². The van der Waals surface area contributed by atoms with Crippen molar-refractivity contribution >= 4 is 17.8 Å². The molecule has 1 aliphatic rings. The second kappa shape index (κ2) is 10.7. The summed E-state index contributed by atoms with van der Waals surface area (Å²) in [5.41, 5.74) is 1.25. The molecule has 9 heteroatoms. The lowest BCUT2D eigenvalue weighted by molar-refractivity contribution is -0.116. The molecule has 9 nitrogen and oxygen atoms in total. The van der Waals surface area contributed by atoms with Crippen molar-refractivity contribution in [2.75, 3.05) is 32.1 Å². The third kappa shape index (κ3) is 6.03. The van der Waals surface area contributed by atoms with Crippen LogP contribution < -0.4 is 10.1 Å². The standard InChI is InChI=1S/C21H29N5O4/c1-25-19(20(28)29-2)23-24-21(25)22-18(27)10-7-13-30-17-9-6-8-16(14-17)15-26-11-4-3-5-12-26/h6,8-9,14H,3-5,7,10-13,15H2,1-2H3,(H,22,24,27). The molecule has 0 bridgehead atoms. The molecule has 0 spiro atoms. The minimum Gasteiger partial charge on any atom is -0.494 e. The van der Waals surface area contributed by atoms with Gasteiger partial charge in [0.05, 0.1) is 13.7 Å². The molecule has 0 saturated carbocycles.